The second-order valence-corrected chi connectivity index (χ2v) is 9.62. The van der Waals surface area contributed by atoms with Crippen molar-refractivity contribution >= 4 is 39.1 Å². The Balaban J connectivity index is 1.61. The molecule has 1 heterocycles. The first kappa shape index (κ1) is 22.3. The van der Waals surface area contributed by atoms with E-state index in [0.717, 1.165) is 0 Å². The van der Waals surface area contributed by atoms with Gasteiger partial charge in [-0.3, -0.25) is 9.59 Å². The van der Waals surface area contributed by atoms with Crippen LogP contribution in [0.4, 0.5) is 5.69 Å². The summed E-state index contributed by atoms with van der Waals surface area (Å²) in [6.45, 7) is 2.02. The predicted molar refractivity (Wildman–Crippen MR) is 116 cm³/mol. The summed E-state index contributed by atoms with van der Waals surface area (Å²) in [4.78, 5) is 25.2. The molecule has 2 aromatic carbocycles. The highest BCUT2D eigenvalue weighted by atomic mass is 35.5. The van der Waals surface area contributed by atoms with Gasteiger partial charge in [-0.1, -0.05) is 29.8 Å². The van der Waals surface area contributed by atoms with Gasteiger partial charge in [-0.25, -0.2) is 8.42 Å². The van der Waals surface area contributed by atoms with Crippen LogP contribution in [0.2, 0.25) is 5.02 Å². The number of nitrogens with zero attached hydrogens (tertiary/aromatic N) is 1. The molecular weight excluding hydrogens is 426 g/mol. The normalized spacial score (nSPS) is 18.4. The number of hydrogen-bond acceptors (Lipinski definition) is 4. The van der Waals surface area contributed by atoms with Gasteiger partial charge < -0.3 is 10.6 Å². The molecule has 1 fully saturated rings. The molecule has 0 aromatic heterocycles. The third-order valence-corrected chi connectivity index (χ3v) is 7.13. The summed E-state index contributed by atoms with van der Waals surface area (Å²) in [5, 5.41) is 5.89. The van der Waals surface area contributed by atoms with Gasteiger partial charge in [0, 0.05) is 23.8 Å². The van der Waals surface area contributed by atoms with Gasteiger partial charge in [0.05, 0.1) is 10.8 Å². The van der Waals surface area contributed by atoms with Gasteiger partial charge in [-0.2, -0.15) is 4.31 Å². The number of nitrogens with one attached hydrogen (secondary N) is 2. The molecule has 0 saturated carbocycles. The highest BCUT2D eigenvalue weighted by Gasteiger charge is 2.34. The second kappa shape index (κ2) is 9.59. The molecule has 3 rings (SSSR count). The van der Waals surface area contributed by atoms with Crippen molar-refractivity contribution in [1.82, 2.24) is 9.62 Å². The van der Waals surface area contributed by atoms with Crippen LogP contribution in [0.3, 0.4) is 0 Å². The Labute approximate surface area is 181 Å². The van der Waals surface area contributed by atoms with E-state index in [1.54, 1.807) is 31.2 Å². The number of carbonyl (C=O) groups is 2. The standard InChI is InChI=1S/C21H24ClN3O4S/c1-15(20(26)24-18-7-3-2-4-8-18)23-21(27)16-6-5-13-25(14-16)30(28,29)19-11-9-17(22)10-12-19/h2-4,7-12,15-16H,5-6,13-14H2,1H3,(H,23,27)(H,24,26)/t15-,16-/m0/s1. The van der Waals surface area contributed by atoms with E-state index in [1.165, 1.54) is 28.6 Å². The zero-order valence-corrected chi connectivity index (χ0v) is 18.1. The van der Waals surface area contributed by atoms with E-state index in [-0.39, 0.29) is 23.3 Å². The summed E-state index contributed by atoms with van der Waals surface area (Å²) in [6.07, 6.45) is 1.13. The Kier molecular flexibility index (Phi) is 7.12. The van der Waals surface area contributed by atoms with E-state index >= 15 is 0 Å². The predicted octanol–water partition coefficient (Wildman–Crippen LogP) is 2.88. The molecule has 0 spiro atoms. The lowest BCUT2D eigenvalue weighted by molar-refractivity contribution is -0.129. The Hall–Kier alpha value is -2.42. The van der Waals surface area contributed by atoms with E-state index in [1.807, 2.05) is 6.07 Å². The Morgan fingerprint density at radius 2 is 1.77 bits per heavy atom. The molecule has 30 heavy (non-hydrogen) atoms. The second-order valence-electron chi connectivity index (χ2n) is 7.24. The van der Waals surface area contributed by atoms with Crippen LogP contribution >= 0.6 is 11.6 Å². The number of anilines is 1. The molecule has 1 saturated heterocycles. The quantitative estimate of drug-likeness (QED) is 0.708. The molecule has 1 aliphatic heterocycles. The molecule has 2 amide bonds. The van der Waals surface area contributed by atoms with E-state index in [2.05, 4.69) is 10.6 Å². The molecule has 0 radical (unpaired) electrons. The highest BCUT2D eigenvalue weighted by molar-refractivity contribution is 7.89. The molecule has 9 heteroatoms. The number of benzene rings is 2. The fourth-order valence-electron chi connectivity index (χ4n) is 3.30. The average molecular weight is 450 g/mol. The third kappa shape index (κ3) is 5.38. The summed E-state index contributed by atoms with van der Waals surface area (Å²) in [5.41, 5.74) is 0.640. The summed E-state index contributed by atoms with van der Waals surface area (Å²) < 4.78 is 27.1. The van der Waals surface area contributed by atoms with Crippen molar-refractivity contribution in [3.05, 3.63) is 59.6 Å². The maximum absolute atomic E-state index is 12.9. The SMILES string of the molecule is C[C@H](NC(=O)[C@H]1CCCN(S(=O)(=O)c2ccc(Cl)cc2)C1)C(=O)Nc1ccccc1. The van der Waals surface area contributed by atoms with Crippen molar-refractivity contribution in [1.29, 1.82) is 0 Å². The summed E-state index contributed by atoms with van der Waals surface area (Å²) in [5.74, 6) is -1.19. The van der Waals surface area contributed by atoms with Gasteiger partial charge in [-0.15, -0.1) is 0 Å². The van der Waals surface area contributed by atoms with Gasteiger partial charge in [0.15, 0.2) is 0 Å². The highest BCUT2D eigenvalue weighted by Crippen LogP contribution is 2.25. The van der Waals surface area contributed by atoms with Crippen molar-refractivity contribution in [2.45, 2.75) is 30.7 Å². The van der Waals surface area contributed by atoms with Crippen LogP contribution in [0, 0.1) is 5.92 Å². The lowest BCUT2D eigenvalue weighted by Gasteiger charge is -2.31. The van der Waals surface area contributed by atoms with Crippen LogP contribution in [-0.4, -0.2) is 43.7 Å². The Bertz CT molecular complexity index is 997. The van der Waals surface area contributed by atoms with Gasteiger partial charge in [-0.05, 0) is 56.2 Å². The molecule has 2 atom stereocenters. The molecule has 2 N–H and O–H groups in total. The number of hydrogen-bond donors (Lipinski definition) is 2. The molecule has 0 aliphatic carbocycles. The van der Waals surface area contributed by atoms with Crippen LogP contribution in [0.25, 0.3) is 0 Å². The summed E-state index contributed by atoms with van der Waals surface area (Å²) in [6, 6.07) is 14.2. The minimum Gasteiger partial charge on any atom is -0.344 e. The van der Waals surface area contributed by atoms with Gasteiger partial charge in [0.2, 0.25) is 21.8 Å². The van der Waals surface area contributed by atoms with Gasteiger partial charge in [0.1, 0.15) is 6.04 Å². The zero-order valence-electron chi connectivity index (χ0n) is 16.5. The number of rotatable bonds is 6. The number of sulfonamides is 1. The van der Waals surface area contributed by atoms with Gasteiger partial charge in [0.25, 0.3) is 0 Å². The van der Waals surface area contributed by atoms with E-state index in [0.29, 0.717) is 30.1 Å². The van der Waals surface area contributed by atoms with E-state index in [9.17, 15) is 18.0 Å². The molecule has 1 aliphatic rings. The zero-order chi connectivity index (χ0) is 21.7. The topological polar surface area (TPSA) is 95.6 Å². The van der Waals surface area contributed by atoms with Crippen LogP contribution < -0.4 is 10.6 Å². The van der Waals surface area contributed by atoms with E-state index in [4.69, 9.17) is 11.6 Å². The van der Waals surface area contributed by atoms with Gasteiger partial charge >= 0.3 is 0 Å². The number of para-hydroxylation sites is 1. The lowest BCUT2D eigenvalue weighted by atomic mass is 9.98. The minimum atomic E-state index is -3.72. The largest absolute Gasteiger partial charge is 0.344 e. The molecule has 0 bridgehead atoms. The van der Waals surface area contributed by atoms with Crippen LogP contribution in [0.1, 0.15) is 19.8 Å². The third-order valence-electron chi connectivity index (χ3n) is 5.00. The van der Waals surface area contributed by atoms with Crippen molar-refractivity contribution < 1.29 is 18.0 Å². The minimum absolute atomic E-state index is 0.0732. The molecule has 7 nitrogen and oxygen atoms in total. The lowest BCUT2D eigenvalue weighted by Crippen LogP contribution is -2.49. The number of halogens is 1. The fraction of sp³-hybridized carbons (Fsp3) is 0.333. The first-order valence-electron chi connectivity index (χ1n) is 9.69. The average Bonchev–Trinajstić information content (AvgIpc) is 2.74. The molecule has 2 aromatic rings. The van der Waals surface area contributed by atoms with Crippen LogP contribution in [-0.2, 0) is 19.6 Å². The first-order valence-corrected chi connectivity index (χ1v) is 11.5. The smallest absolute Gasteiger partial charge is 0.246 e. The molecule has 160 valence electrons. The van der Waals surface area contributed by atoms with Crippen molar-refractivity contribution in [2.24, 2.45) is 5.92 Å². The van der Waals surface area contributed by atoms with E-state index < -0.39 is 22.0 Å². The number of carbonyl (C=O) groups excluding carboxylic acids is 2. The Morgan fingerprint density at radius 1 is 1.10 bits per heavy atom. The van der Waals surface area contributed by atoms with Crippen LogP contribution in [0.5, 0.6) is 0 Å². The maximum atomic E-state index is 12.9. The Morgan fingerprint density at radius 3 is 2.43 bits per heavy atom. The summed E-state index contributed by atoms with van der Waals surface area (Å²) in [7, 11) is -3.72. The summed E-state index contributed by atoms with van der Waals surface area (Å²) >= 11 is 5.84. The first-order chi connectivity index (χ1) is 14.3. The van der Waals surface area contributed by atoms with Crippen molar-refractivity contribution in [2.75, 3.05) is 18.4 Å². The number of amides is 2. The fourth-order valence-corrected chi connectivity index (χ4v) is 4.95. The molecular formula is C21H24ClN3O4S. The van der Waals surface area contributed by atoms with Crippen LogP contribution in [0.15, 0.2) is 59.5 Å². The maximum Gasteiger partial charge on any atom is 0.246 e. The number of piperidine rings is 1. The molecule has 0 unspecified atom stereocenters. The van der Waals surface area contributed by atoms with Crippen molar-refractivity contribution in [3.8, 4) is 0 Å². The monoisotopic (exact) mass is 449 g/mol. The van der Waals surface area contributed by atoms with Crippen molar-refractivity contribution in [3.63, 3.8) is 0 Å².